The highest BCUT2D eigenvalue weighted by Crippen LogP contribution is 2.40. The van der Waals surface area contributed by atoms with Crippen molar-refractivity contribution in [2.75, 3.05) is 19.4 Å². The van der Waals surface area contributed by atoms with Gasteiger partial charge in [0, 0.05) is 12.6 Å². The molecule has 3 heterocycles. The van der Waals surface area contributed by atoms with Crippen molar-refractivity contribution in [2.24, 2.45) is 0 Å². The lowest BCUT2D eigenvalue weighted by Gasteiger charge is -2.44. The Hall–Kier alpha value is -1.64. The van der Waals surface area contributed by atoms with E-state index in [0.29, 0.717) is 25.5 Å². The summed E-state index contributed by atoms with van der Waals surface area (Å²) in [7, 11) is -3.40. The molecule has 2 unspecified atom stereocenters. The van der Waals surface area contributed by atoms with Gasteiger partial charge in [0.1, 0.15) is 5.75 Å². The van der Waals surface area contributed by atoms with Crippen LogP contribution in [0.4, 0.5) is 0 Å². The normalized spacial score (nSPS) is 31.5. The van der Waals surface area contributed by atoms with Gasteiger partial charge in [0.15, 0.2) is 5.60 Å². The largest absolute Gasteiger partial charge is 0.478 e. The van der Waals surface area contributed by atoms with Crippen LogP contribution in [0, 0.1) is 0 Å². The van der Waals surface area contributed by atoms with Gasteiger partial charge in [-0.3, -0.25) is 4.79 Å². The van der Waals surface area contributed by atoms with E-state index in [-0.39, 0.29) is 24.1 Å². The standard InChI is InChI=1S/C23H34N2O5S/c1-23(2)22(26)25-14-6-8-19(24-31(3,27)28)20(25)15-29-17-12-10-16(11-13-17)18-7-4-5-9-21(18)30-23/h4-5,7,9,16-17,19-20,24H,6,8,10-15H2,1-3H3. The van der Waals surface area contributed by atoms with Gasteiger partial charge < -0.3 is 14.4 Å². The zero-order chi connectivity index (χ0) is 22.2. The summed E-state index contributed by atoms with van der Waals surface area (Å²) in [5.74, 6) is 1.02. The molecule has 5 rings (SSSR count). The summed E-state index contributed by atoms with van der Waals surface area (Å²) in [5.41, 5.74) is 0.0841. The highest BCUT2D eigenvalue weighted by molar-refractivity contribution is 7.88. The van der Waals surface area contributed by atoms with Gasteiger partial charge in [-0.25, -0.2) is 13.1 Å². The Balaban J connectivity index is 1.70. The Bertz CT molecular complexity index is 908. The number of benzene rings is 1. The number of hydrogen-bond donors (Lipinski definition) is 1. The molecule has 0 aromatic heterocycles. The quantitative estimate of drug-likeness (QED) is 0.749. The molecule has 7 nitrogen and oxygen atoms in total. The maximum atomic E-state index is 13.7. The fourth-order valence-corrected chi connectivity index (χ4v) is 6.10. The molecule has 172 valence electrons. The van der Waals surface area contributed by atoms with E-state index in [1.165, 1.54) is 6.26 Å². The van der Waals surface area contributed by atoms with Crippen LogP contribution in [0.1, 0.15) is 63.9 Å². The molecule has 1 saturated heterocycles. The molecule has 2 fully saturated rings. The van der Waals surface area contributed by atoms with Gasteiger partial charge in [-0.15, -0.1) is 0 Å². The average molecular weight is 451 g/mol. The van der Waals surface area contributed by atoms with Crippen LogP contribution < -0.4 is 9.46 Å². The second-order valence-electron chi connectivity index (χ2n) is 9.66. The third-order valence-electron chi connectivity index (χ3n) is 6.82. The molecule has 0 radical (unpaired) electrons. The molecular formula is C23H34N2O5S. The number of amides is 1. The molecule has 0 spiro atoms. The van der Waals surface area contributed by atoms with E-state index in [1.807, 2.05) is 18.2 Å². The van der Waals surface area contributed by atoms with Gasteiger partial charge in [0.2, 0.25) is 10.0 Å². The van der Waals surface area contributed by atoms with Gasteiger partial charge in [-0.1, -0.05) is 18.2 Å². The topological polar surface area (TPSA) is 84.9 Å². The Morgan fingerprint density at radius 2 is 1.81 bits per heavy atom. The molecule has 1 amide bonds. The van der Waals surface area contributed by atoms with Gasteiger partial charge in [0.25, 0.3) is 5.91 Å². The number of hydrogen-bond acceptors (Lipinski definition) is 5. The molecule has 3 aliphatic heterocycles. The minimum atomic E-state index is -3.40. The minimum Gasteiger partial charge on any atom is -0.478 e. The number of nitrogens with zero attached hydrogens (tertiary/aromatic N) is 1. The van der Waals surface area contributed by atoms with E-state index < -0.39 is 15.6 Å². The summed E-state index contributed by atoms with van der Waals surface area (Å²) in [6.45, 7) is 4.50. The number of rotatable bonds is 2. The summed E-state index contributed by atoms with van der Waals surface area (Å²) in [6.07, 6.45) is 6.64. The summed E-state index contributed by atoms with van der Waals surface area (Å²) in [4.78, 5) is 15.4. The van der Waals surface area contributed by atoms with Crippen molar-refractivity contribution in [3.05, 3.63) is 29.8 Å². The summed E-state index contributed by atoms with van der Waals surface area (Å²) in [6, 6.07) is 7.32. The smallest absolute Gasteiger partial charge is 0.266 e. The second-order valence-corrected chi connectivity index (χ2v) is 11.4. The van der Waals surface area contributed by atoms with Crippen LogP contribution >= 0.6 is 0 Å². The molecule has 1 aliphatic carbocycles. The third kappa shape index (κ3) is 5.07. The monoisotopic (exact) mass is 450 g/mol. The molecule has 1 N–H and O–H groups in total. The molecule has 4 aliphatic rings. The maximum absolute atomic E-state index is 13.7. The fraction of sp³-hybridized carbons (Fsp3) is 0.696. The zero-order valence-electron chi connectivity index (χ0n) is 18.7. The molecule has 1 aromatic rings. The van der Waals surface area contributed by atoms with Crippen molar-refractivity contribution in [3.8, 4) is 5.75 Å². The second kappa shape index (κ2) is 8.71. The third-order valence-corrected chi connectivity index (χ3v) is 7.55. The maximum Gasteiger partial charge on any atom is 0.266 e. The summed E-state index contributed by atoms with van der Waals surface area (Å²) >= 11 is 0. The lowest BCUT2D eigenvalue weighted by Crippen LogP contribution is -2.62. The SMILES string of the molecule is CC1(C)Oc2ccccc2C2CCC(CC2)OCC2C(NS(C)(=O)=O)CCCN2C1=O. The Kier molecular flexibility index (Phi) is 6.34. The van der Waals surface area contributed by atoms with Crippen molar-refractivity contribution in [1.82, 2.24) is 9.62 Å². The lowest BCUT2D eigenvalue weighted by atomic mass is 9.82. The first-order chi connectivity index (χ1) is 14.6. The van der Waals surface area contributed by atoms with Crippen LogP contribution in [0.2, 0.25) is 0 Å². The summed E-state index contributed by atoms with van der Waals surface area (Å²) < 4.78 is 39.4. The number of para-hydroxylation sites is 1. The number of ether oxygens (including phenoxy) is 2. The number of carbonyl (C=O) groups excluding carboxylic acids is 1. The number of sulfonamides is 1. The van der Waals surface area contributed by atoms with E-state index in [9.17, 15) is 13.2 Å². The van der Waals surface area contributed by atoms with Crippen molar-refractivity contribution >= 4 is 15.9 Å². The first kappa shape index (κ1) is 22.6. The van der Waals surface area contributed by atoms with E-state index in [1.54, 1.807) is 18.7 Å². The predicted molar refractivity (Wildman–Crippen MR) is 119 cm³/mol. The van der Waals surface area contributed by atoms with Crippen LogP contribution in [-0.2, 0) is 19.6 Å². The molecule has 31 heavy (non-hydrogen) atoms. The number of carbonyl (C=O) groups is 1. The highest BCUT2D eigenvalue weighted by atomic mass is 32.2. The average Bonchev–Trinajstić information content (AvgIpc) is 2.72. The van der Waals surface area contributed by atoms with Crippen molar-refractivity contribution in [1.29, 1.82) is 0 Å². The highest BCUT2D eigenvalue weighted by Gasteiger charge is 2.43. The number of piperidine rings is 1. The van der Waals surface area contributed by atoms with E-state index >= 15 is 0 Å². The predicted octanol–water partition coefficient (Wildman–Crippen LogP) is 2.81. The van der Waals surface area contributed by atoms with E-state index in [0.717, 1.165) is 43.4 Å². The van der Waals surface area contributed by atoms with Gasteiger partial charge in [0.05, 0.1) is 25.0 Å². The van der Waals surface area contributed by atoms with Gasteiger partial charge in [-0.05, 0) is 69.9 Å². The van der Waals surface area contributed by atoms with Gasteiger partial charge >= 0.3 is 0 Å². The lowest BCUT2D eigenvalue weighted by molar-refractivity contribution is -0.152. The number of nitrogens with one attached hydrogen (secondary N) is 1. The molecule has 8 heteroatoms. The Morgan fingerprint density at radius 3 is 2.52 bits per heavy atom. The van der Waals surface area contributed by atoms with Gasteiger partial charge in [-0.2, -0.15) is 0 Å². The zero-order valence-corrected chi connectivity index (χ0v) is 19.5. The molecular weight excluding hydrogens is 416 g/mol. The Labute approximate surface area is 185 Å². The van der Waals surface area contributed by atoms with Crippen LogP contribution in [0.15, 0.2) is 24.3 Å². The minimum absolute atomic E-state index is 0.135. The van der Waals surface area contributed by atoms with Crippen molar-refractivity contribution in [3.63, 3.8) is 0 Å². The molecule has 2 bridgehead atoms. The van der Waals surface area contributed by atoms with E-state index in [2.05, 4.69) is 10.8 Å². The van der Waals surface area contributed by atoms with E-state index in [4.69, 9.17) is 9.47 Å². The van der Waals surface area contributed by atoms with Crippen molar-refractivity contribution in [2.45, 2.75) is 82.1 Å². The molecule has 1 aromatic carbocycles. The van der Waals surface area contributed by atoms with Crippen LogP contribution in [-0.4, -0.2) is 62.4 Å². The molecule has 1 saturated carbocycles. The van der Waals surface area contributed by atoms with Crippen LogP contribution in [0.3, 0.4) is 0 Å². The summed E-state index contributed by atoms with van der Waals surface area (Å²) in [5, 5.41) is 0. The van der Waals surface area contributed by atoms with Crippen molar-refractivity contribution < 1.29 is 22.7 Å². The first-order valence-electron chi connectivity index (χ1n) is 11.3. The first-order valence-corrected chi connectivity index (χ1v) is 13.2. The Morgan fingerprint density at radius 1 is 1.10 bits per heavy atom. The van der Waals surface area contributed by atoms with Crippen LogP contribution in [0.25, 0.3) is 0 Å². The fourth-order valence-electron chi connectivity index (χ4n) is 5.28. The molecule has 2 atom stereocenters. The number of fused-ring (bicyclic) bond motifs is 5. The van der Waals surface area contributed by atoms with Crippen LogP contribution in [0.5, 0.6) is 5.75 Å².